The first kappa shape index (κ1) is 23.1. The average molecular weight is 447 g/mol. The Hall–Kier alpha value is -2.58. The lowest BCUT2D eigenvalue weighted by Gasteiger charge is -2.18. The third-order valence-electron chi connectivity index (χ3n) is 5.23. The van der Waals surface area contributed by atoms with Crippen LogP contribution in [0.1, 0.15) is 55.6 Å². The van der Waals surface area contributed by atoms with Crippen LogP contribution in [0.15, 0.2) is 47.4 Å². The summed E-state index contributed by atoms with van der Waals surface area (Å²) in [6, 6.07) is 11.4. The first-order valence-corrected chi connectivity index (χ1v) is 12.1. The van der Waals surface area contributed by atoms with Gasteiger partial charge >= 0.3 is 0 Å². The zero-order valence-electron chi connectivity index (χ0n) is 18.3. The number of amides is 1. The van der Waals surface area contributed by atoms with E-state index in [-0.39, 0.29) is 16.8 Å². The summed E-state index contributed by atoms with van der Waals surface area (Å²) in [6.45, 7) is 7.85. The highest BCUT2D eigenvalue weighted by molar-refractivity contribution is 7.89. The van der Waals surface area contributed by atoms with Gasteiger partial charge in [-0.05, 0) is 75.6 Å². The van der Waals surface area contributed by atoms with Gasteiger partial charge in [-0.25, -0.2) is 8.42 Å². The Labute approximate surface area is 184 Å². The summed E-state index contributed by atoms with van der Waals surface area (Å²) < 4.78 is 38.0. The summed E-state index contributed by atoms with van der Waals surface area (Å²) in [6.07, 6.45) is 1.77. The Morgan fingerprint density at radius 3 is 2.23 bits per heavy atom. The Morgan fingerprint density at radius 2 is 1.61 bits per heavy atom. The van der Waals surface area contributed by atoms with Crippen molar-refractivity contribution in [2.45, 2.75) is 44.6 Å². The van der Waals surface area contributed by atoms with Crippen LogP contribution in [0, 0.1) is 0 Å². The monoisotopic (exact) mass is 446 g/mol. The van der Waals surface area contributed by atoms with Gasteiger partial charge in [0.05, 0.1) is 24.2 Å². The SMILES string of the molecule is CCOc1ccc(C(C)NC(=O)c2ccc(S(=O)(=O)N3CCCC3)cc2)cc1OCC. The second-order valence-electron chi connectivity index (χ2n) is 7.40. The lowest BCUT2D eigenvalue weighted by Crippen LogP contribution is -2.28. The summed E-state index contributed by atoms with van der Waals surface area (Å²) in [7, 11) is -3.49. The third kappa shape index (κ3) is 5.37. The molecule has 0 spiro atoms. The summed E-state index contributed by atoms with van der Waals surface area (Å²) >= 11 is 0. The van der Waals surface area contributed by atoms with E-state index in [9.17, 15) is 13.2 Å². The van der Waals surface area contributed by atoms with Crippen LogP contribution in [-0.2, 0) is 10.0 Å². The largest absolute Gasteiger partial charge is 0.490 e. The quantitative estimate of drug-likeness (QED) is 0.634. The topological polar surface area (TPSA) is 84.9 Å². The maximum absolute atomic E-state index is 12.7. The Kier molecular flexibility index (Phi) is 7.56. The predicted molar refractivity (Wildman–Crippen MR) is 119 cm³/mol. The van der Waals surface area contributed by atoms with Crippen molar-refractivity contribution in [3.63, 3.8) is 0 Å². The maximum Gasteiger partial charge on any atom is 0.251 e. The molecule has 2 aromatic carbocycles. The van der Waals surface area contributed by atoms with E-state index in [1.807, 2.05) is 39.0 Å². The molecule has 1 saturated heterocycles. The van der Waals surface area contributed by atoms with E-state index in [1.54, 1.807) is 12.1 Å². The number of ether oxygens (including phenoxy) is 2. The molecular formula is C23H30N2O5S. The molecule has 0 radical (unpaired) electrons. The molecule has 1 atom stereocenters. The van der Waals surface area contributed by atoms with Gasteiger partial charge in [-0.2, -0.15) is 4.31 Å². The standard InChI is InChI=1S/C23H30N2O5S/c1-4-29-21-13-10-19(16-22(21)30-5-2)17(3)24-23(26)18-8-11-20(12-9-18)31(27,28)25-14-6-7-15-25/h8-13,16-17H,4-7,14-15H2,1-3H3,(H,24,26). The number of nitrogens with zero attached hydrogens (tertiary/aromatic N) is 1. The zero-order chi connectivity index (χ0) is 22.4. The summed E-state index contributed by atoms with van der Waals surface area (Å²) in [5.41, 5.74) is 1.29. The van der Waals surface area contributed by atoms with Crippen LogP contribution < -0.4 is 14.8 Å². The molecule has 1 aliphatic rings. The Balaban J connectivity index is 1.70. The molecular weight excluding hydrogens is 416 g/mol. The number of sulfonamides is 1. The van der Waals surface area contributed by atoms with Crippen molar-refractivity contribution in [1.29, 1.82) is 0 Å². The molecule has 1 unspecified atom stereocenters. The van der Waals surface area contributed by atoms with Gasteiger partial charge in [0.2, 0.25) is 10.0 Å². The molecule has 1 aliphatic heterocycles. The Bertz CT molecular complexity index is 999. The zero-order valence-corrected chi connectivity index (χ0v) is 19.1. The van der Waals surface area contributed by atoms with Gasteiger partial charge in [-0.3, -0.25) is 4.79 Å². The van der Waals surface area contributed by atoms with E-state index in [2.05, 4.69) is 5.32 Å². The molecule has 0 bridgehead atoms. The van der Waals surface area contributed by atoms with Crippen LogP contribution in [0.5, 0.6) is 11.5 Å². The van der Waals surface area contributed by atoms with Crippen LogP contribution in [-0.4, -0.2) is 44.9 Å². The normalized spacial score (nSPS) is 15.5. The maximum atomic E-state index is 12.7. The van der Waals surface area contributed by atoms with E-state index in [4.69, 9.17) is 9.47 Å². The van der Waals surface area contributed by atoms with Crippen molar-refractivity contribution in [3.8, 4) is 11.5 Å². The van der Waals surface area contributed by atoms with Crippen molar-refractivity contribution < 1.29 is 22.7 Å². The molecule has 1 amide bonds. The molecule has 31 heavy (non-hydrogen) atoms. The van der Waals surface area contributed by atoms with E-state index >= 15 is 0 Å². The number of carbonyl (C=O) groups excluding carboxylic acids is 1. The lowest BCUT2D eigenvalue weighted by molar-refractivity contribution is 0.0939. The number of carbonyl (C=O) groups is 1. The smallest absolute Gasteiger partial charge is 0.251 e. The molecule has 1 fully saturated rings. The number of rotatable bonds is 9. The molecule has 0 aliphatic carbocycles. The summed E-state index contributed by atoms with van der Waals surface area (Å²) in [5, 5.41) is 2.95. The van der Waals surface area contributed by atoms with Crippen molar-refractivity contribution in [1.82, 2.24) is 9.62 Å². The molecule has 3 rings (SSSR count). The van der Waals surface area contributed by atoms with Gasteiger partial charge in [0.25, 0.3) is 5.91 Å². The fraction of sp³-hybridized carbons (Fsp3) is 0.435. The molecule has 0 saturated carbocycles. The minimum atomic E-state index is -3.49. The minimum absolute atomic E-state index is 0.215. The molecule has 1 N–H and O–H groups in total. The molecule has 7 nitrogen and oxygen atoms in total. The average Bonchev–Trinajstić information content (AvgIpc) is 3.31. The molecule has 2 aromatic rings. The van der Waals surface area contributed by atoms with Gasteiger partial charge in [-0.1, -0.05) is 6.07 Å². The van der Waals surface area contributed by atoms with E-state index in [0.29, 0.717) is 43.4 Å². The van der Waals surface area contributed by atoms with Crippen molar-refractivity contribution in [2.24, 2.45) is 0 Å². The number of benzene rings is 2. The third-order valence-corrected chi connectivity index (χ3v) is 7.15. The molecule has 0 aromatic heterocycles. The first-order chi connectivity index (χ1) is 14.9. The van der Waals surface area contributed by atoms with Crippen molar-refractivity contribution in [2.75, 3.05) is 26.3 Å². The lowest BCUT2D eigenvalue weighted by atomic mass is 10.1. The second kappa shape index (κ2) is 10.2. The van der Waals surface area contributed by atoms with Crippen LogP contribution >= 0.6 is 0 Å². The highest BCUT2D eigenvalue weighted by Crippen LogP contribution is 2.31. The van der Waals surface area contributed by atoms with Gasteiger partial charge in [0.15, 0.2) is 11.5 Å². The fourth-order valence-corrected chi connectivity index (χ4v) is 5.07. The number of hydrogen-bond acceptors (Lipinski definition) is 5. The molecule has 168 valence electrons. The van der Waals surface area contributed by atoms with Gasteiger partial charge in [-0.15, -0.1) is 0 Å². The van der Waals surface area contributed by atoms with Gasteiger partial charge in [0, 0.05) is 18.7 Å². The van der Waals surface area contributed by atoms with Crippen molar-refractivity contribution >= 4 is 15.9 Å². The predicted octanol–water partition coefficient (Wildman–Crippen LogP) is 3.76. The van der Waals surface area contributed by atoms with Crippen LogP contribution in [0.2, 0.25) is 0 Å². The van der Waals surface area contributed by atoms with E-state index < -0.39 is 10.0 Å². The van der Waals surface area contributed by atoms with E-state index in [1.165, 1.54) is 16.4 Å². The second-order valence-corrected chi connectivity index (χ2v) is 9.34. The number of nitrogens with one attached hydrogen (secondary N) is 1. The van der Waals surface area contributed by atoms with Crippen LogP contribution in [0.3, 0.4) is 0 Å². The molecule has 8 heteroatoms. The summed E-state index contributed by atoms with van der Waals surface area (Å²) in [5.74, 6) is 1.03. The summed E-state index contributed by atoms with van der Waals surface area (Å²) in [4.78, 5) is 12.9. The highest BCUT2D eigenvalue weighted by atomic mass is 32.2. The fourth-order valence-electron chi connectivity index (χ4n) is 3.56. The van der Waals surface area contributed by atoms with Crippen LogP contribution in [0.4, 0.5) is 0 Å². The van der Waals surface area contributed by atoms with Gasteiger partial charge in [0.1, 0.15) is 0 Å². The van der Waals surface area contributed by atoms with Gasteiger partial charge < -0.3 is 14.8 Å². The van der Waals surface area contributed by atoms with Crippen LogP contribution in [0.25, 0.3) is 0 Å². The first-order valence-electron chi connectivity index (χ1n) is 10.7. The Morgan fingerprint density at radius 1 is 1.00 bits per heavy atom. The highest BCUT2D eigenvalue weighted by Gasteiger charge is 2.27. The molecule has 1 heterocycles. The van der Waals surface area contributed by atoms with E-state index in [0.717, 1.165) is 18.4 Å². The minimum Gasteiger partial charge on any atom is -0.490 e. The number of hydrogen-bond donors (Lipinski definition) is 1. The van der Waals surface area contributed by atoms with Crippen molar-refractivity contribution in [3.05, 3.63) is 53.6 Å².